The van der Waals surface area contributed by atoms with E-state index >= 15 is 0 Å². The van der Waals surface area contributed by atoms with E-state index in [2.05, 4.69) is 0 Å². The monoisotopic (exact) mass is 367 g/mol. The van der Waals surface area contributed by atoms with Crippen molar-refractivity contribution < 1.29 is 14.3 Å². The van der Waals surface area contributed by atoms with Gasteiger partial charge in [-0.05, 0) is 29.8 Å². The molecule has 132 valence electrons. The summed E-state index contributed by atoms with van der Waals surface area (Å²) in [5.41, 5.74) is 0.815. The van der Waals surface area contributed by atoms with Crippen LogP contribution in [-0.2, 0) is 4.79 Å². The van der Waals surface area contributed by atoms with E-state index in [-0.39, 0.29) is 11.7 Å². The Kier molecular flexibility index (Phi) is 4.29. The number of ketones is 1. The second-order valence-electron chi connectivity index (χ2n) is 6.75. The second kappa shape index (κ2) is 6.61. The van der Waals surface area contributed by atoms with Crippen LogP contribution in [0.15, 0.2) is 54.6 Å². The number of amides is 1. The van der Waals surface area contributed by atoms with Crippen molar-refractivity contribution >= 4 is 29.4 Å². The van der Waals surface area contributed by atoms with Gasteiger partial charge in [0.1, 0.15) is 11.4 Å². The molecule has 1 atom stereocenters. The predicted molar refractivity (Wildman–Crippen MR) is 100 cm³/mol. The van der Waals surface area contributed by atoms with Crippen LogP contribution in [0.1, 0.15) is 28.8 Å². The number of rotatable bonds is 2. The molecule has 0 bridgehead atoms. The number of benzene rings is 2. The first-order chi connectivity index (χ1) is 12.6. The first kappa shape index (κ1) is 16.9. The summed E-state index contributed by atoms with van der Waals surface area (Å²) in [4.78, 5) is 26.7. The highest BCUT2D eigenvalue weighted by atomic mass is 35.5. The lowest BCUT2D eigenvalue weighted by Gasteiger charge is -2.34. The van der Waals surface area contributed by atoms with E-state index in [1.807, 2.05) is 36.4 Å². The lowest BCUT2D eigenvalue weighted by Crippen LogP contribution is -2.45. The van der Waals surface area contributed by atoms with Crippen molar-refractivity contribution in [1.82, 2.24) is 4.90 Å². The number of fused-ring (bicyclic) bond motifs is 1. The number of carbonyl (C=O) groups is 2. The van der Waals surface area contributed by atoms with Crippen molar-refractivity contribution in [3.8, 4) is 5.75 Å². The van der Waals surface area contributed by atoms with E-state index in [1.165, 1.54) is 6.08 Å². The Labute approximate surface area is 157 Å². The molecule has 4 rings (SSSR count). The van der Waals surface area contributed by atoms with Gasteiger partial charge in [-0.1, -0.05) is 41.9 Å². The summed E-state index contributed by atoms with van der Waals surface area (Å²) in [5, 5.41) is 0.604. The highest BCUT2D eigenvalue weighted by molar-refractivity contribution is 6.32. The molecule has 0 N–H and O–H groups in total. The average Bonchev–Trinajstić information content (AvgIpc) is 3.04. The molecule has 1 amide bonds. The number of hydrogen-bond acceptors (Lipinski definition) is 3. The number of para-hydroxylation sites is 1. The van der Waals surface area contributed by atoms with Crippen molar-refractivity contribution in [2.24, 2.45) is 0 Å². The molecule has 2 heterocycles. The van der Waals surface area contributed by atoms with Crippen molar-refractivity contribution in [2.75, 3.05) is 13.1 Å². The van der Waals surface area contributed by atoms with Crippen molar-refractivity contribution in [2.45, 2.75) is 18.4 Å². The second-order valence-corrected chi connectivity index (χ2v) is 7.15. The SMILES string of the molecule is O=C1CC2(CCN(C(=O)C=Cc3ccccc3Cl)C2)Oc2ccccc21. The van der Waals surface area contributed by atoms with Crippen molar-refractivity contribution in [1.29, 1.82) is 0 Å². The molecule has 1 fully saturated rings. The zero-order valence-corrected chi connectivity index (χ0v) is 14.9. The maximum atomic E-state index is 12.5. The fourth-order valence-corrected chi connectivity index (χ4v) is 3.78. The summed E-state index contributed by atoms with van der Waals surface area (Å²) >= 11 is 6.11. The van der Waals surface area contributed by atoms with Crippen LogP contribution in [0.3, 0.4) is 0 Å². The molecule has 2 aliphatic heterocycles. The lowest BCUT2D eigenvalue weighted by molar-refractivity contribution is -0.125. The molecule has 1 spiro atoms. The largest absolute Gasteiger partial charge is 0.484 e. The third-order valence-electron chi connectivity index (χ3n) is 4.94. The molecule has 2 aromatic rings. The Bertz CT molecular complexity index is 908. The van der Waals surface area contributed by atoms with Crippen LogP contribution in [0.4, 0.5) is 0 Å². The van der Waals surface area contributed by atoms with Crippen LogP contribution < -0.4 is 4.74 Å². The molecule has 2 aliphatic rings. The van der Waals surface area contributed by atoms with Crippen LogP contribution in [0.2, 0.25) is 5.02 Å². The van der Waals surface area contributed by atoms with Gasteiger partial charge in [-0.15, -0.1) is 0 Å². The van der Waals surface area contributed by atoms with Crippen LogP contribution in [-0.4, -0.2) is 35.3 Å². The van der Waals surface area contributed by atoms with E-state index in [1.54, 1.807) is 23.1 Å². The van der Waals surface area contributed by atoms with Crippen molar-refractivity contribution in [3.63, 3.8) is 0 Å². The molecule has 0 radical (unpaired) electrons. The molecule has 5 heteroatoms. The zero-order valence-electron chi connectivity index (χ0n) is 14.2. The number of likely N-dealkylation sites (tertiary alicyclic amines) is 1. The minimum Gasteiger partial charge on any atom is -0.484 e. The summed E-state index contributed by atoms with van der Waals surface area (Å²) in [5.74, 6) is 0.592. The van der Waals surface area contributed by atoms with Crippen LogP contribution >= 0.6 is 11.6 Å². The third-order valence-corrected chi connectivity index (χ3v) is 5.28. The molecule has 2 aromatic carbocycles. The maximum absolute atomic E-state index is 12.5. The van der Waals surface area contributed by atoms with Gasteiger partial charge >= 0.3 is 0 Å². The van der Waals surface area contributed by atoms with Gasteiger partial charge in [0.15, 0.2) is 5.78 Å². The summed E-state index contributed by atoms with van der Waals surface area (Å²) in [6.45, 7) is 0.986. The van der Waals surface area contributed by atoms with E-state index in [9.17, 15) is 9.59 Å². The van der Waals surface area contributed by atoms with E-state index in [4.69, 9.17) is 16.3 Å². The highest BCUT2D eigenvalue weighted by Gasteiger charge is 2.46. The molecule has 4 nitrogen and oxygen atoms in total. The van der Waals surface area contributed by atoms with Gasteiger partial charge in [-0.3, -0.25) is 9.59 Å². The lowest BCUT2D eigenvalue weighted by atomic mass is 9.89. The number of carbonyl (C=O) groups excluding carboxylic acids is 2. The van der Waals surface area contributed by atoms with Gasteiger partial charge in [0.05, 0.1) is 18.5 Å². The summed E-state index contributed by atoms with van der Waals surface area (Å²) in [7, 11) is 0. The summed E-state index contributed by atoms with van der Waals surface area (Å²) < 4.78 is 6.15. The Morgan fingerprint density at radius 3 is 2.77 bits per heavy atom. The Morgan fingerprint density at radius 2 is 1.92 bits per heavy atom. The van der Waals surface area contributed by atoms with E-state index in [0.717, 1.165) is 5.56 Å². The van der Waals surface area contributed by atoms with Crippen LogP contribution in [0, 0.1) is 0 Å². The van der Waals surface area contributed by atoms with Gasteiger partial charge in [0, 0.05) is 24.1 Å². The van der Waals surface area contributed by atoms with E-state index < -0.39 is 5.60 Å². The van der Waals surface area contributed by atoms with Gasteiger partial charge in [0.25, 0.3) is 0 Å². The maximum Gasteiger partial charge on any atom is 0.246 e. The number of ether oxygens (including phenoxy) is 1. The smallest absolute Gasteiger partial charge is 0.246 e. The minimum absolute atomic E-state index is 0.0766. The van der Waals surface area contributed by atoms with Gasteiger partial charge in [-0.25, -0.2) is 0 Å². The number of halogens is 1. The van der Waals surface area contributed by atoms with Crippen LogP contribution in [0.25, 0.3) is 6.08 Å². The average molecular weight is 368 g/mol. The van der Waals surface area contributed by atoms with E-state index in [0.29, 0.717) is 42.3 Å². The Morgan fingerprint density at radius 1 is 1.15 bits per heavy atom. The molecule has 0 aliphatic carbocycles. The molecular weight excluding hydrogens is 350 g/mol. The molecule has 1 saturated heterocycles. The highest BCUT2D eigenvalue weighted by Crippen LogP contribution is 2.38. The zero-order chi connectivity index (χ0) is 18.1. The molecule has 0 saturated carbocycles. The number of hydrogen-bond donors (Lipinski definition) is 0. The first-order valence-electron chi connectivity index (χ1n) is 8.59. The Balaban J connectivity index is 1.48. The third kappa shape index (κ3) is 3.13. The fourth-order valence-electron chi connectivity index (χ4n) is 3.58. The normalized spacial score (nSPS) is 21.9. The fraction of sp³-hybridized carbons (Fsp3) is 0.238. The number of nitrogens with zero attached hydrogens (tertiary/aromatic N) is 1. The minimum atomic E-state index is -0.612. The standard InChI is InChI=1S/C21H18ClNO3/c22-17-7-3-1-5-15(17)9-10-20(25)23-12-11-21(14-23)13-18(24)16-6-2-4-8-19(16)26-21/h1-10H,11-14H2. The first-order valence-corrected chi connectivity index (χ1v) is 8.97. The van der Waals surface area contributed by atoms with Gasteiger partial charge < -0.3 is 9.64 Å². The van der Waals surface area contributed by atoms with Crippen molar-refractivity contribution in [3.05, 3.63) is 70.8 Å². The topological polar surface area (TPSA) is 46.6 Å². The van der Waals surface area contributed by atoms with Gasteiger partial charge in [0.2, 0.25) is 5.91 Å². The molecular formula is C21H18ClNO3. The summed E-state index contributed by atoms with van der Waals surface area (Å²) in [6.07, 6.45) is 4.21. The van der Waals surface area contributed by atoms with Gasteiger partial charge in [-0.2, -0.15) is 0 Å². The molecule has 0 aromatic heterocycles. The van der Waals surface area contributed by atoms with Crippen LogP contribution in [0.5, 0.6) is 5.75 Å². The molecule has 1 unspecified atom stereocenters. The number of Topliss-reactive ketones (excluding diaryl/α,β-unsaturated/α-hetero) is 1. The quantitative estimate of drug-likeness (QED) is 0.754. The molecule has 26 heavy (non-hydrogen) atoms. The Hall–Kier alpha value is -2.59. The summed E-state index contributed by atoms with van der Waals surface area (Å²) in [6, 6.07) is 14.7. The predicted octanol–water partition coefficient (Wildman–Crippen LogP) is 3.99.